The van der Waals surface area contributed by atoms with E-state index in [9.17, 15) is 13.2 Å². The zero-order valence-electron chi connectivity index (χ0n) is 8.11. The summed E-state index contributed by atoms with van der Waals surface area (Å²) in [6, 6.07) is -1.56. The number of hydrogen-bond donors (Lipinski definition) is 1. The summed E-state index contributed by atoms with van der Waals surface area (Å²) >= 11 is 0. The molecule has 0 heterocycles. The normalized spacial score (nSPS) is 15.0. The first-order chi connectivity index (χ1) is 5.88. The highest BCUT2D eigenvalue weighted by atomic mass is 19.4. The highest BCUT2D eigenvalue weighted by Gasteiger charge is 2.39. The zero-order chi connectivity index (χ0) is 10.5. The van der Waals surface area contributed by atoms with Gasteiger partial charge in [-0.25, -0.2) is 0 Å². The molecule has 0 aliphatic carbocycles. The molecule has 0 saturated carbocycles. The minimum atomic E-state index is -4.23. The third kappa shape index (κ3) is 5.87. The van der Waals surface area contributed by atoms with E-state index in [1.54, 1.807) is 20.8 Å². The molecule has 0 aliphatic heterocycles. The van der Waals surface area contributed by atoms with E-state index >= 15 is 0 Å². The molecule has 13 heavy (non-hydrogen) atoms. The smallest absolute Gasteiger partial charge is 0.377 e. The number of rotatable bonds is 5. The van der Waals surface area contributed by atoms with Crippen LogP contribution in [0.15, 0.2) is 0 Å². The number of ether oxygens (including phenoxy) is 1. The van der Waals surface area contributed by atoms with Crippen LogP contribution in [0.25, 0.3) is 0 Å². The van der Waals surface area contributed by atoms with Crippen LogP contribution in [-0.4, -0.2) is 31.5 Å². The van der Waals surface area contributed by atoms with Gasteiger partial charge in [-0.05, 0) is 20.4 Å². The van der Waals surface area contributed by atoms with Crippen LogP contribution < -0.4 is 5.32 Å². The maximum absolute atomic E-state index is 12.2. The monoisotopic (exact) mass is 199 g/mol. The van der Waals surface area contributed by atoms with Crippen LogP contribution in [0.4, 0.5) is 13.2 Å². The lowest BCUT2D eigenvalue weighted by Crippen LogP contribution is -2.46. The molecule has 5 heteroatoms. The Balaban J connectivity index is 3.95. The molecule has 0 spiro atoms. The highest BCUT2D eigenvalue weighted by Crippen LogP contribution is 2.20. The van der Waals surface area contributed by atoms with Gasteiger partial charge in [0.05, 0.1) is 12.7 Å². The highest BCUT2D eigenvalue weighted by molar-refractivity contribution is 4.74. The maximum Gasteiger partial charge on any atom is 0.406 e. The van der Waals surface area contributed by atoms with E-state index in [4.69, 9.17) is 4.74 Å². The molecule has 1 unspecified atom stereocenters. The summed E-state index contributed by atoms with van der Waals surface area (Å²) in [5.41, 5.74) is 0. The Hall–Kier alpha value is -0.290. The Kier molecular flexibility index (Phi) is 5.32. The molecule has 0 amide bonds. The SMILES string of the molecule is CCNC(COC(C)C)C(F)(F)F. The molecule has 0 aromatic heterocycles. The topological polar surface area (TPSA) is 21.3 Å². The van der Waals surface area contributed by atoms with E-state index in [-0.39, 0.29) is 19.3 Å². The summed E-state index contributed by atoms with van der Waals surface area (Å²) in [6.45, 7) is 5.01. The Morgan fingerprint density at radius 1 is 1.31 bits per heavy atom. The van der Waals surface area contributed by atoms with Crippen molar-refractivity contribution in [1.29, 1.82) is 0 Å². The fraction of sp³-hybridized carbons (Fsp3) is 1.00. The van der Waals surface area contributed by atoms with Crippen LogP contribution in [0.2, 0.25) is 0 Å². The van der Waals surface area contributed by atoms with Crippen LogP contribution >= 0.6 is 0 Å². The van der Waals surface area contributed by atoms with Gasteiger partial charge in [-0.15, -0.1) is 0 Å². The van der Waals surface area contributed by atoms with Gasteiger partial charge in [-0.3, -0.25) is 0 Å². The summed E-state index contributed by atoms with van der Waals surface area (Å²) < 4.78 is 41.5. The first-order valence-corrected chi connectivity index (χ1v) is 4.29. The molecule has 0 fully saturated rings. The van der Waals surface area contributed by atoms with Crippen molar-refractivity contribution in [2.45, 2.75) is 39.1 Å². The summed E-state index contributed by atoms with van der Waals surface area (Å²) in [5, 5.41) is 2.33. The van der Waals surface area contributed by atoms with Crippen molar-refractivity contribution in [2.75, 3.05) is 13.2 Å². The number of hydrogen-bond acceptors (Lipinski definition) is 2. The summed E-state index contributed by atoms with van der Waals surface area (Å²) in [4.78, 5) is 0. The van der Waals surface area contributed by atoms with Crippen molar-refractivity contribution in [3.8, 4) is 0 Å². The van der Waals surface area contributed by atoms with E-state index < -0.39 is 12.2 Å². The lowest BCUT2D eigenvalue weighted by molar-refractivity contribution is -0.170. The van der Waals surface area contributed by atoms with Gasteiger partial charge in [0.25, 0.3) is 0 Å². The molecule has 80 valence electrons. The van der Waals surface area contributed by atoms with Gasteiger partial charge in [0, 0.05) is 0 Å². The summed E-state index contributed by atoms with van der Waals surface area (Å²) in [6.07, 6.45) is -4.41. The first kappa shape index (κ1) is 12.7. The zero-order valence-corrected chi connectivity index (χ0v) is 8.11. The first-order valence-electron chi connectivity index (χ1n) is 4.29. The fourth-order valence-corrected chi connectivity index (χ4v) is 0.804. The average molecular weight is 199 g/mol. The molecule has 1 atom stereocenters. The van der Waals surface area contributed by atoms with Gasteiger partial charge in [0.15, 0.2) is 0 Å². The minimum Gasteiger partial charge on any atom is -0.377 e. The molecule has 0 aliphatic rings. The number of alkyl halides is 3. The van der Waals surface area contributed by atoms with Gasteiger partial charge in [-0.1, -0.05) is 6.92 Å². The van der Waals surface area contributed by atoms with Crippen molar-refractivity contribution in [3.05, 3.63) is 0 Å². The van der Waals surface area contributed by atoms with E-state index in [1.165, 1.54) is 0 Å². The largest absolute Gasteiger partial charge is 0.406 e. The van der Waals surface area contributed by atoms with Crippen LogP contribution in [0.1, 0.15) is 20.8 Å². The molecule has 0 aromatic rings. The average Bonchev–Trinajstić information content (AvgIpc) is 1.95. The third-order valence-electron chi connectivity index (χ3n) is 1.44. The van der Waals surface area contributed by atoms with Crippen molar-refractivity contribution >= 4 is 0 Å². The Morgan fingerprint density at radius 2 is 1.85 bits per heavy atom. The standard InChI is InChI=1S/C8H16F3NO/c1-4-12-7(8(9,10)11)5-13-6(2)3/h6-7,12H,4-5H2,1-3H3. The lowest BCUT2D eigenvalue weighted by Gasteiger charge is -2.21. The lowest BCUT2D eigenvalue weighted by atomic mass is 10.3. The Bertz CT molecular complexity index is 136. The van der Waals surface area contributed by atoms with Crippen molar-refractivity contribution in [1.82, 2.24) is 5.32 Å². The molecule has 2 nitrogen and oxygen atoms in total. The minimum absolute atomic E-state index is 0.177. The van der Waals surface area contributed by atoms with Crippen molar-refractivity contribution in [2.24, 2.45) is 0 Å². The van der Waals surface area contributed by atoms with Crippen molar-refractivity contribution < 1.29 is 17.9 Å². The molecular weight excluding hydrogens is 183 g/mol. The van der Waals surface area contributed by atoms with Gasteiger partial charge in [-0.2, -0.15) is 13.2 Å². The van der Waals surface area contributed by atoms with Crippen LogP contribution in [0.5, 0.6) is 0 Å². The van der Waals surface area contributed by atoms with E-state index in [0.717, 1.165) is 0 Å². The van der Waals surface area contributed by atoms with Crippen LogP contribution in [0, 0.1) is 0 Å². The second kappa shape index (κ2) is 5.44. The molecule has 0 rings (SSSR count). The molecule has 0 bridgehead atoms. The van der Waals surface area contributed by atoms with Crippen LogP contribution in [-0.2, 0) is 4.74 Å². The predicted octanol–water partition coefficient (Wildman–Crippen LogP) is 1.95. The van der Waals surface area contributed by atoms with E-state index in [1.807, 2.05) is 0 Å². The Morgan fingerprint density at radius 3 is 2.15 bits per heavy atom. The Labute approximate surface area is 76.5 Å². The predicted molar refractivity (Wildman–Crippen MR) is 44.6 cm³/mol. The molecule has 0 saturated heterocycles. The quantitative estimate of drug-likeness (QED) is 0.730. The molecular formula is C8H16F3NO. The van der Waals surface area contributed by atoms with Crippen molar-refractivity contribution in [3.63, 3.8) is 0 Å². The number of nitrogens with one attached hydrogen (secondary N) is 1. The molecule has 0 radical (unpaired) electrons. The number of halogens is 3. The van der Waals surface area contributed by atoms with Gasteiger partial charge in [0.1, 0.15) is 6.04 Å². The summed E-state index contributed by atoms with van der Waals surface area (Å²) in [5.74, 6) is 0. The number of likely N-dealkylation sites (N-methyl/N-ethyl adjacent to an activating group) is 1. The van der Waals surface area contributed by atoms with Gasteiger partial charge >= 0.3 is 6.18 Å². The van der Waals surface area contributed by atoms with E-state index in [2.05, 4.69) is 5.32 Å². The summed E-state index contributed by atoms with van der Waals surface area (Å²) in [7, 11) is 0. The molecule has 0 aromatic carbocycles. The van der Waals surface area contributed by atoms with Crippen LogP contribution in [0.3, 0.4) is 0 Å². The maximum atomic E-state index is 12.2. The third-order valence-corrected chi connectivity index (χ3v) is 1.44. The van der Waals surface area contributed by atoms with E-state index in [0.29, 0.717) is 0 Å². The fourth-order valence-electron chi connectivity index (χ4n) is 0.804. The molecule has 1 N–H and O–H groups in total. The van der Waals surface area contributed by atoms with Gasteiger partial charge in [0.2, 0.25) is 0 Å². The second-order valence-corrected chi connectivity index (χ2v) is 3.03. The van der Waals surface area contributed by atoms with Gasteiger partial charge < -0.3 is 10.1 Å². The second-order valence-electron chi connectivity index (χ2n) is 3.03.